The molecule has 1 atom stereocenters. The highest BCUT2D eigenvalue weighted by molar-refractivity contribution is 14.1. The van der Waals surface area contributed by atoms with Gasteiger partial charge in [-0.2, -0.15) is 5.26 Å². The van der Waals surface area contributed by atoms with E-state index >= 15 is 0 Å². The van der Waals surface area contributed by atoms with Crippen LogP contribution in [0.3, 0.4) is 0 Å². The van der Waals surface area contributed by atoms with Crippen molar-refractivity contribution in [3.8, 4) is 34.8 Å². The van der Waals surface area contributed by atoms with Crippen molar-refractivity contribution in [3.63, 3.8) is 0 Å². The van der Waals surface area contributed by atoms with Gasteiger partial charge in [0, 0.05) is 22.2 Å². The van der Waals surface area contributed by atoms with Gasteiger partial charge in [-0.15, -0.1) is 0 Å². The summed E-state index contributed by atoms with van der Waals surface area (Å²) >= 11 is 8.51. The van der Waals surface area contributed by atoms with Crippen LogP contribution in [0.4, 0.5) is 0 Å². The van der Waals surface area contributed by atoms with Crippen molar-refractivity contribution in [2.45, 2.75) is 19.4 Å². The Morgan fingerprint density at radius 2 is 1.89 bits per heavy atom. The summed E-state index contributed by atoms with van der Waals surface area (Å²) in [7, 11) is 0. The molecule has 3 aromatic rings. The third-order valence-electron chi connectivity index (χ3n) is 5.71. The molecule has 2 N–H and O–H groups in total. The summed E-state index contributed by atoms with van der Waals surface area (Å²) in [5.74, 6) is 2.41. The molecule has 3 aromatic carbocycles. The lowest BCUT2D eigenvalue weighted by molar-refractivity contribution is 0.174. The molecule has 0 aromatic heterocycles. The third kappa shape index (κ3) is 4.42. The lowest BCUT2D eigenvalue weighted by Crippen LogP contribution is -2.21. The lowest BCUT2D eigenvalue weighted by Gasteiger charge is -2.27. The van der Waals surface area contributed by atoms with E-state index in [1.165, 1.54) is 0 Å². The highest BCUT2D eigenvalue weighted by Crippen LogP contribution is 2.49. The van der Waals surface area contributed by atoms with Crippen molar-refractivity contribution < 1.29 is 23.7 Å². The number of ether oxygens (including phenoxy) is 5. The number of fused-ring (bicyclic) bond motifs is 2. The Balaban J connectivity index is 1.58. The van der Waals surface area contributed by atoms with Crippen LogP contribution in [-0.4, -0.2) is 13.4 Å². The van der Waals surface area contributed by atoms with Crippen LogP contribution in [0, 0.1) is 14.9 Å². The van der Waals surface area contributed by atoms with E-state index in [0.29, 0.717) is 46.0 Å². The van der Waals surface area contributed by atoms with E-state index in [1.54, 1.807) is 6.07 Å². The van der Waals surface area contributed by atoms with Gasteiger partial charge in [0.15, 0.2) is 23.0 Å². The van der Waals surface area contributed by atoms with Gasteiger partial charge >= 0.3 is 0 Å². The maximum Gasteiger partial charge on any atom is 0.231 e. The minimum Gasteiger partial charge on any atom is -0.490 e. The normalized spacial score (nSPS) is 15.8. The second kappa shape index (κ2) is 9.76. The molecule has 0 saturated carbocycles. The first-order chi connectivity index (χ1) is 17.0. The van der Waals surface area contributed by atoms with Gasteiger partial charge in [0.2, 0.25) is 12.7 Å². The van der Waals surface area contributed by atoms with Crippen molar-refractivity contribution >= 4 is 34.2 Å². The smallest absolute Gasteiger partial charge is 0.231 e. The van der Waals surface area contributed by atoms with E-state index in [0.717, 1.165) is 20.3 Å². The molecule has 2 aliphatic heterocycles. The number of hydrogen-bond acceptors (Lipinski definition) is 7. The van der Waals surface area contributed by atoms with Gasteiger partial charge in [-0.3, -0.25) is 0 Å². The second-order valence-corrected chi connectivity index (χ2v) is 9.38. The molecule has 0 aliphatic carbocycles. The van der Waals surface area contributed by atoms with Gasteiger partial charge in [-0.05, 0) is 59.3 Å². The van der Waals surface area contributed by atoms with Gasteiger partial charge < -0.3 is 29.4 Å². The maximum atomic E-state index is 9.95. The van der Waals surface area contributed by atoms with Crippen LogP contribution in [0.5, 0.6) is 28.7 Å². The first-order valence-electron chi connectivity index (χ1n) is 10.8. The summed E-state index contributed by atoms with van der Waals surface area (Å²) in [6.07, 6.45) is 0. The lowest BCUT2D eigenvalue weighted by atomic mass is 9.83. The Labute approximate surface area is 221 Å². The number of hydrogen-bond donors (Lipinski definition) is 1. The van der Waals surface area contributed by atoms with Crippen LogP contribution in [0.2, 0.25) is 5.02 Å². The summed E-state index contributed by atoms with van der Waals surface area (Å²) in [5.41, 5.74) is 8.90. The Bertz CT molecular complexity index is 1380. The number of benzene rings is 3. The van der Waals surface area contributed by atoms with Crippen molar-refractivity contribution in [2.75, 3.05) is 13.4 Å². The molecular weight excluding hydrogens is 583 g/mol. The molecule has 0 saturated heterocycles. The number of nitrogens with two attached hydrogens (primary N) is 1. The molecule has 7 nitrogen and oxygen atoms in total. The second-order valence-electron chi connectivity index (χ2n) is 7.81. The highest BCUT2D eigenvalue weighted by Gasteiger charge is 2.34. The van der Waals surface area contributed by atoms with Crippen molar-refractivity contribution in [1.29, 1.82) is 5.26 Å². The van der Waals surface area contributed by atoms with Gasteiger partial charge in [-0.1, -0.05) is 29.8 Å². The van der Waals surface area contributed by atoms with Crippen molar-refractivity contribution in [3.05, 3.63) is 85.3 Å². The van der Waals surface area contributed by atoms with Crippen LogP contribution >= 0.6 is 34.2 Å². The van der Waals surface area contributed by atoms with Gasteiger partial charge in [-0.25, -0.2) is 0 Å². The topological polar surface area (TPSA) is 96.0 Å². The summed E-state index contributed by atoms with van der Waals surface area (Å²) in [4.78, 5) is 0. The predicted octanol–water partition coefficient (Wildman–Crippen LogP) is 5.87. The molecular formula is C26H20ClIN2O5. The molecule has 35 heavy (non-hydrogen) atoms. The Morgan fingerprint density at radius 1 is 1.11 bits per heavy atom. The molecule has 178 valence electrons. The zero-order valence-corrected chi connectivity index (χ0v) is 21.6. The average Bonchev–Trinajstić information content (AvgIpc) is 3.30. The highest BCUT2D eigenvalue weighted by atomic mass is 127. The van der Waals surface area contributed by atoms with E-state index in [2.05, 4.69) is 28.7 Å². The molecule has 0 fully saturated rings. The van der Waals surface area contributed by atoms with Crippen LogP contribution in [-0.2, 0) is 6.61 Å². The number of nitriles is 1. The molecule has 2 aliphatic rings. The Kier molecular flexibility index (Phi) is 6.54. The molecule has 5 rings (SSSR count). The van der Waals surface area contributed by atoms with Crippen LogP contribution in [0.15, 0.2) is 60.0 Å². The fraction of sp³-hybridized carbons (Fsp3) is 0.192. The summed E-state index contributed by atoms with van der Waals surface area (Å²) in [6, 6.07) is 17.2. The Hall–Kier alpha value is -3.29. The minimum absolute atomic E-state index is 0.0517. The van der Waals surface area contributed by atoms with E-state index in [-0.39, 0.29) is 19.3 Å². The standard InChI is InChI=1S/C26H20ClIN2O5/c1-2-31-23-8-15(7-19(28)25(23)32-12-14-5-3-4-6-18(14)27)24-16-9-21-22(34-13-33-21)10-20(16)35-26(30)17(24)11-29/h3-10,24H,2,12-13,30H2,1H3/t24-/m0/s1. The number of allylic oxidation sites excluding steroid dienone is 1. The van der Waals surface area contributed by atoms with E-state index in [1.807, 2.05) is 49.4 Å². The van der Waals surface area contributed by atoms with Crippen LogP contribution in [0.1, 0.15) is 29.5 Å². The number of rotatable bonds is 6. The molecule has 9 heteroatoms. The van der Waals surface area contributed by atoms with E-state index in [9.17, 15) is 5.26 Å². The first kappa shape index (κ1) is 23.5. The third-order valence-corrected chi connectivity index (χ3v) is 6.88. The average molecular weight is 603 g/mol. The molecule has 2 heterocycles. The van der Waals surface area contributed by atoms with Gasteiger partial charge in [0.25, 0.3) is 0 Å². The molecule has 0 amide bonds. The summed E-state index contributed by atoms with van der Waals surface area (Å²) in [5, 5.41) is 10.6. The SMILES string of the molecule is CCOc1cc([C@@H]2C(C#N)=C(N)Oc3cc4c(cc32)OCO4)cc(I)c1OCc1ccccc1Cl. The fourth-order valence-corrected chi connectivity index (χ4v) is 5.08. The van der Waals surface area contributed by atoms with Crippen LogP contribution < -0.4 is 29.4 Å². The monoisotopic (exact) mass is 602 g/mol. The van der Waals surface area contributed by atoms with Crippen molar-refractivity contribution in [2.24, 2.45) is 5.73 Å². The van der Waals surface area contributed by atoms with Gasteiger partial charge in [0.05, 0.1) is 16.1 Å². The minimum atomic E-state index is -0.483. The number of halogens is 2. The quantitative estimate of drug-likeness (QED) is 0.353. The van der Waals surface area contributed by atoms with E-state index in [4.69, 9.17) is 41.0 Å². The summed E-state index contributed by atoms with van der Waals surface area (Å²) in [6.45, 7) is 2.75. The maximum absolute atomic E-state index is 9.95. The molecule has 0 bridgehead atoms. The Morgan fingerprint density at radius 3 is 2.63 bits per heavy atom. The fourth-order valence-electron chi connectivity index (χ4n) is 4.11. The zero-order valence-electron chi connectivity index (χ0n) is 18.6. The molecule has 0 radical (unpaired) electrons. The zero-order chi connectivity index (χ0) is 24.5. The number of nitrogens with zero attached hydrogens (tertiary/aromatic N) is 1. The summed E-state index contributed by atoms with van der Waals surface area (Å²) < 4.78 is 29.8. The predicted molar refractivity (Wildman–Crippen MR) is 138 cm³/mol. The largest absolute Gasteiger partial charge is 0.490 e. The van der Waals surface area contributed by atoms with Crippen molar-refractivity contribution in [1.82, 2.24) is 0 Å². The van der Waals surface area contributed by atoms with E-state index < -0.39 is 5.92 Å². The molecule has 0 unspecified atom stereocenters. The molecule has 0 spiro atoms. The van der Waals surface area contributed by atoms with Gasteiger partial charge in [0.1, 0.15) is 24.0 Å². The van der Waals surface area contributed by atoms with Crippen LogP contribution in [0.25, 0.3) is 0 Å². The first-order valence-corrected chi connectivity index (χ1v) is 12.3.